The monoisotopic (exact) mass is 491 g/mol. The lowest BCUT2D eigenvalue weighted by Crippen LogP contribution is -2.30. The van der Waals surface area contributed by atoms with Crippen molar-refractivity contribution in [3.8, 4) is 0 Å². The van der Waals surface area contributed by atoms with Crippen LogP contribution in [0.1, 0.15) is 33.3 Å². The van der Waals surface area contributed by atoms with Gasteiger partial charge in [-0.15, -0.1) is 0 Å². The Hall–Kier alpha value is -3.85. The normalized spacial score (nSPS) is 15.2. The number of fused-ring (bicyclic) bond motifs is 2. The molecule has 32 heavy (non-hydrogen) atoms. The molecule has 1 aliphatic heterocycles. The Kier molecular flexibility index (Phi) is 4.63. The van der Waals surface area contributed by atoms with E-state index in [4.69, 9.17) is 4.42 Å². The second-order valence-corrected chi connectivity index (χ2v) is 8.35. The number of carbonyl (C=O) groups is 1. The van der Waals surface area contributed by atoms with Crippen LogP contribution >= 0.6 is 15.9 Å². The number of nitrogens with zero attached hydrogens (tertiary/aromatic N) is 3. The molecule has 5 rings (SSSR count). The van der Waals surface area contributed by atoms with E-state index >= 15 is 0 Å². The van der Waals surface area contributed by atoms with Crippen LogP contribution in [0.3, 0.4) is 0 Å². The fraction of sp³-hybridized carbons (Fsp3) is 0.0870. The van der Waals surface area contributed by atoms with Crippen LogP contribution in [-0.2, 0) is 0 Å². The molecular weight excluding hydrogens is 478 g/mol. The zero-order valence-corrected chi connectivity index (χ0v) is 18.2. The minimum absolute atomic E-state index is 0.0929. The van der Waals surface area contributed by atoms with Crippen molar-refractivity contribution in [2.45, 2.75) is 13.0 Å². The summed E-state index contributed by atoms with van der Waals surface area (Å²) in [6, 6.07) is 13.4. The number of halogens is 1. The van der Waals surface area contributed by atoms with Gasteiger partial charge in [-0.05, 0) is 48.4 Å². The molecule has 1 atom stereocenters. The molecule has 0 N–H and O–H groups in total. The molecule has 0 radical (unpaired) electrons. The zero-order valence-electron chi connectivity index (χ0n) is 16.6. The fourth-order valence-electron chi connectivity index (χ4n) is 3.96. The van der Waals surface area contributed by atoms with Crippen LogP contribution in [0, 0.1) is 17.0 Å². The summed E-state index contributed by atoms with van der Waals surface area (Å²) < 4.78 is 6.58. The van der Waals surface area contributed by atoms with Gasteiger partial charge >= 0.3 is 0 Å². The molecule has 0 bridgehead atoms. The van der Waals surface area contributed by atoms with Crippen molar-refractivity contribution in [2.24, 2.45) is 0 Å². The number of nitro benzene ring substituents is 1. The SMILES string of the molecule is Cc1ccnc(N2C(=O)c3oc4ccc(Br)cc4c(=O)c3C2c2cccc([N+](=O)[O-])c2)c1. The van der Waals surface area contributed by atoms with Crippen LogP contribution in [0.2, 0.25) is 0 Å². The highest BCUT2D eigenvalue weighted by Gasteiger charge is 2.44. The summed E-state index contributed by atoms with van der Waals surface area (Å²) in [5.41, 5.74) is 1.17. The van der Waals surface area contributed by atoms with Crippen molar-refractivity contribution < 1.29 is 14.1 Å². The van der Waals surface area contributed by atoms with Gasteiger partial charge in [0, 0.05) is 22.8 Å². The summed E-state index contributed by atoms with van der Waals surface area (Å²) in [5.74, 6) is -0.302. The Bertz CT molecular complexity index is 1500. The van der Waals surface area contributed by atoms with E-state index in [0.29, 0.717) is 21.2 Å². The second-order valence-electron chi connectivity index (χ2n) is 7.44. The lowest BCUT2D eigenvalue weighted by Gasteiger charge is -2.24. The summed E-state index contributed by atoms with van der Waals surface area (Å²) in [5, 5.41) is 11.7. The summed E-state index contributed by atoms with van der Waals surface area (Å²) in [6.45, 7) is 1.86. The summed E-state index contributed by atoms with van der Waals surface area (Å²) in [6.07, 6.45) is 1.56. The van der Waals surface area contributed by atoms with E-state index in [0.717, 1.165) is 5.56 Å². The van der Waals surface area contributed by atoms with Gasteiger partial charge in [-0.25, -0.2) is 4.98 Å². The third-order valence-electron chi connectivity index (χ3n) is 5.38. The zero-order chi connectivity index (χ0) is 22.6. The fourth-order valence-corrected chi connectivity index (χ4v) is 4.32. The van der Waals surface area contributed by atoms with Crippen LogP contribution in [0.25, 0.3) is 11.0 Å². The first kappa shape index (κ1) is 20.1. The van der Waals surface area contributed by atoms with Gasteiger partial charge in [0.2, 0.25) is 5.76 Å². The number of anilines is 1. The van der Waals surface area contributed by atoms with E-state index in [2.05, 4.69) is 20.9 Å². The van der Waals surface area contributed by atoms with E-state index in [-0.39, 0.29) is 28.0 Å². The number of aromatic nitrogens is 1. The summed E-state index contributed by atoms with van der Waals surface area (Å²) in [7, 11) is 0. The van der Waals surface area contributed by atoms with Crippen LogP contribution < -0.4 is 10.3 Å². The van der Waals surface area contributed by atoms with Crippen molar-refractivity contribution in [3.63, 3.8) is 0 Å². The molecule has 1 amide bonds. The minimum atomic E-state index is -0.925. The maximum Gasteiger partial charge on any atom is 0.296 e. The average Bonchev–Trinajstić information content (AvgIpc) is 3.07. The van der Waals surface area contributed by atoms with Crippen LogP contribution in [0.5, 0.6) is 0 Å². The number of pyridine rings is 1. The highest BCUT2D eigenvalue weighted by atomic mass is 79.9. The number of nitro groups is 1. The Morgan fingerprint density at radius 3 is 2.69 bits per heavy atom. The van der Waals surface area contributed by atoms with E-state index in [1.165, 1.54) is 23.1 Å². The molecular formula is C23H14BrN3O5. The standard InChI is InChI=1S/C23H14BrN3O5/c1-12-7-8-25-18(9-12)26-20(13-3-2-4-15(10-13)27(30)31)19-21(28)16-11-14(24)5-6-17(16)32-22(19)23(26)29/h2-11,20H,1H3. The highest BCUT2D eigenvalue weighted by Crippen LogP contribution is 2.41. The van der Waals surface area contributed by atoms with Crippen LogP contribution in [0.4, 0.5) is 11.5 Å². The van der Waals surface area contributed by atoms with Crippen molar-refractivity contribution >= 4 is 44.3 Å². The molecule has 0 fully saturated rings. The van der Waals surface area contributed by atoms with E-state index in [1.807, 2.05) is 6.92 Å². The lowest BCUT2D eigenvalue weighted by molar-refractivity contribution is -0.384. The van der Waals surface area contributed by atoms with Gasteiger partial charge in [-0.3, -0.25) is 24.6 Å². The van der Waals surface area contributed by atoms with Gasteiger partial charge in [-0.2, -0.15) is 0 Å². The smallest absolute Gasteiger partial charge is 0.296 e. The van der Waals surface area contributed by atoms with Gasteiger partial charge in [0.15, 0.2) is 5.43 Å². The third kappa shape index (κ3) is 3.09. The number of amides is 1. The maximum absolute atomic E-state index is 13.6. The first-order valence-corrected chi connectivity index (χ1v) is 10.4. The molecule has 0 aliphatic carbocycles. The van der Waals surface area contributed by atoms with Gasteiger partial charge in [0.1, 0.15) is 11.4 Å². The van der Waals surface area contributed by atoms with Gasteiger partial charge in [0.25, 0.3) is 11.6 Å². The molecule has 4 aromatic rings. The summed E-state index contributed by atoms with van der Waals surface area (Å²) >= 11 is 3.36. The molecule has 0 spiro atoms. The largest absolute Gasteiger partial charge is 0.450 e. The van der Waals surface area contributed by atoms with Gasteiger partial charge in [-0.1, -0.05) is 28.1 Å². The Morgan fingerprint density at radius 2 is 1.94 bits per heavy atom. The molecule has 0 saturated carbocycles. The number of non-ortho nitro benzene ring substituents is 1. The van der Waals surface area contributed by atoms with E-state index in [1.54, 1.807) is 42.6 Å². The molecule has 1 unspecified atom stereocenters. The van der Waals surface area contributed by atoms with Crippen LogP contribution in [-0.4, -0.2) is 15.8 Å². The molecule has 3 heterocycles. The van der Waals surface area contributed by atoms with Crippen molar-refractivity contribution in [1.82, 2.24) is 4.98 Å². The average molecular weight is 492 g/mol. The molecule has 8 nitrogen and oxygen atoms in total. The van der Waals surface area contributed by atoms with Crippen molar-refractivity contribution in [3.05, 3.63) is 108 Å². The van der Waals surface area contributed by atoms with E-state index in [9.17, 15) is 19.7 Å². The second kappa shape index (κ2) is 7.38. The number of hydrogen-bond acceptors (Lipinski definition) is 6. The lowest BCUT2D eigenvalue weighted by atomic mass is 9.98. The first-order valence-electron chi connectivity index (χ1n) is 9.62. The number of hydrogen-bond donors (Lipinski definition) is 0. The maximum atomic E-state index is 13.6. The molecule has 0 saturated heterocycles. The van der Waals surface area contributed by atoms with Gasteiger partial charge in [0.05, 0.1) is 21.9 Å². The minimum Gasteiger partial charge on any atom is -0.450 e. The Balaban J connectivity index is 1.83. The Morgan fingerprint density at radius 1 is 1.12 bits per heavy atom. The highest BCUT2D eigenvalue weighted by molar-refractivity contribution is 9.10. The Labute approximate surface area is 189 Å². The van der Waals surface area contributed by atoms with Crippen molar-refractivity contribution in [1.29, 1.82) is 0 Å². The molecule has 2 aromatic heterocycles. The molecule has 9 heteroatoms. The number of rotatable bonds is 3. The molecule has 1 aliphatic rings. The summed E-state index contributed by atoms with van der Waals surface area (Å²) in [4.78, 5) is 43.6. The topological polar surface area (TPSA) is 107 Å². The van der Waals surface area contributed by atoms with Crippen molar-refractivity contribution in [2.75, 3.05) is 4.90 Å². The van der Waals surface area contributed by atoms with E-state index < -0.39 is 16.9 Å². The quantitative estimate of drug-likeness (QED) is 0.297. The van der Waals surface area contributed by atoms with Gasteiger partial charge < -0.3 is 4.42 Å². The number of benzene rings is 2. The van der Waals surface area contributed by atoms with Crippen LogP contribution in [0.15, 0.2) is 74.5 Å². The number of aryl methyl sites for hydroxylation is 1. The third-order valence-corrected chi connectivity index (χ3v) is 5.87. The first-order chi connectivity index (χ1) is 15.3. The molecule has 158 valence electrons. The number of carbonyl (C=O) groups excluding carboxylic acids is 1. The predicted molar refractivity (Wildman–Crippen MR) is 121 cm³/mol. The molecule has 2 aromatic carbocycles. The predicted octanol–water partition coefficient (Wildman–Crippen LogP) is 4.92.